The van der Waals surface area contributed by atoms with Gasteiger partial charge in [0.1, 0.15) is 5.75 Å². The largest absolute Gasteiger partial charge is 0.507 e. The van der Waals surface area contributed by atoms with E-state index in [9.17, 15) is 9.90 Å². The van der Waals surface area contributed by atoms with E-state index in [-0.39, 0.29) is 11.7 Å². The maximum atomic E-state index is 12.5. The fourth-order valence-corrected chi connectivity index (χ4v) is 2.51. The van der Waals surface area contributed by atoms with Crippen LogP contribution in [0.2, 0.25) is 0 Å². The summed E-state index contributed by atoms with van der Waals surface area (Å²) in [5.41, 5.74) is 0.612. The van der Waals surface area contributed by atoms with Gasteiger partial charge < -0.3 is 10.0 Å². The molecule has 1 N–H and O–H groups in total. The predicted molar refractivity (Wildman–Crippen MR) is 77.6 cm³/mol. The third kappa shape index (κ3) is 2.63. The van der Waals surface area contributed by atoms with Crippen molar-refractivity contribution in [2.24, 2.45) is 5.92 Å². The van der Waals surface area contributed by atoms with E-state index in [0.29, 0.717) is 17.5 Å². The molecule has 2 aliphatic carbocycles. The number of amides is 1. The van der Waals surface area contributed by atoms with Crippen LogP contribution in [0, 0.1) is 9.49 Å². The van der Waals surface area contributed by atoms with Gasteiger partial charge in [0.15, 0.2) is 0 Å². The first kappa shape index (κ1) is 12.3. The molecule has 1 aromatic rings. The minimum Gasteiger partial charge on any atom is -0.507 e. The molecule has 18 heavy (non-hydrogen) atoms. The van der Waals surface area contributed by atoms with Crippen LogP contribution in [-0.2, 0) is 0 Å². The number of nitrogens with zero attached hydrogens (tertiary/aromatic N) is 1. The normalized spacial score (nSPS) is 18.7. The molecule has 0 aliphatic heterocycles. The van der Waals surface area contributed by atoms with Crippen LogP contribution in [0.15, 0.2) is 18.2 Å². The van der Waals surface area contributed by atoms with Crippen molar-refractivity contribution in [1.29, 1.82) is 0 Å². The number of carbonyl (C=O) groups excluding carboxylic acids is 1. The Morgan fingerprint density at radius 1 is 1.33 bits per heavy atom. The summed E-state index contributed by atoms with van der Waals surface area (Å²) in [6, 6.07) is 5.64. The molecule has 3 rings (SSSR count). The molecule has 0 bridgehead atoms. The Labute approximate surface area is 120 Å². The molecule has 4 heteroatoms. The minimum atomic E-state index is 0.0797. The summed E-state index contributed by atoms with van der Waals surface area (Å²) in [5, 5.41) is 9.70. The Kier molecular flexibility index (Phi) is 3.21. The van der Waals surface area contributed by atoms with Gasteiger partial charge >= 0.3 is 0 Å². The van der Waals surface area contributed by atoms with Crippen molar-refractivity contribution in [1.82, 2.24) is 4.90 Å². The zero-order valence-corrected chi connectivity index (χ0v) is 12.3. The molecule has 1 aromatic carbocycles. The van der Waals surface area contributed by atoms with Gasteiger partial charge in [-0.25, -0.2) is 0 Å². The van der Waals surface area contributed by atoms with Crippen LogP contribution >= 0.6 is 22.6 Å². The van der Waals surface area contributed by atoms with Gasteiger partial charge in [-0.05, 0) is 72.4 Å². The number of aromatic hydroxyl groups is 1. The van der Waals surface area contributed by atoms with Crippen molar-refractivity contribution in [3.63, 3.8) is 0 Å². The highest BCUT2D eigenvalue weighted by Crippen LogP contribution is 2.36. The summed E-state index contributed by atoms with van der Waals surface area (Å²) in [4.78, 5) is 14.5. The Morgan fingerprint density at radius 3 is 2.61 bits per heavy atom. The summed E-state index contributed by atoms with van der Waals surface area (Å²) in [7, 11) is 0. The summed E-state index contributed by atoms with van der Waals surface area (Å²) in [6.45, 7) is 0.899. The molecular weight excluding hydrogens is 341 g/mol. The van der Waals surface area contributed by atoms with E-state index in [1.54, 1.807) is 12.1 Å². The Hall–Kier alpha value is -0.780. The molecule has 2 saturated carbocycles. The summed E-state index contributed by atoms with van der Waals surface area (Å²) >= 11 is 2.06. The average molecular weight is 357 g/mol. The van der Waals surface area contributed by atoms with Crippen molar-refractivity contribution in [2.45, 2.75) is 31.7 Å². The van der Waals surface area contributed by atoms with Crippen molar-refractivity contribution < 1.29 is 9.90 Å². The highest BCUT2D eigenvalue weighted by molar-refractivity contribution is 14.1. The molecular formula is C14H16INO2. The van der Waals surface area contributed by atoms with Gasteiger partial charge in [-0.1, -0.05) is 0 Å². The lowest BCUT2D eigenvalue weighted by Crippen LogP contribution is -2.34. The first-order chi connectivity index (χ1) is 8.65. The SMILES string of the molecule is O=C(c1ccc(I)c(O)c1)N(CC1CC1)C1CC1. The highest BCUT2D eigenvalue weighted by atomic mass is 127. The number of hydrogen-bond acceptors (Lipinski definition) is 2. The molecule has 2 aliphatic rings. The van der Waals surface area contributed by atoms with Gasteiger partial charge in [0, 0.05) is 18.2 Å². The summed E-state index contributed by atoms with van der Waals surface area (Å²) in [5.74, 6) is 0.992. The van der Waals surface area contributed by atoms with E-state index in [1.807, 2.05) is 11.0 Å². The number of benzene rings is 1. The second kappa shape index (κ2) is 4.72. The van der Waals surface area contributed by atoms with Crippen LogP contribution < -0.4 is 0 Å². The van der Waals surface area contributed by atoms with E-state index in [1.165, 1.54) is 12.8 Å². The maximum Gasteiger partial charge on any atom is 0.254 e. The lowest BCUT2D eigenvalue weighted by Gasteiger charge is -2.22. The number of hydrogen-bond donors (Lipinski definition) is 1. The lowest BCUT2D eigenvalue weighted by atomic mass is 10.1. The van der Waals surface area contributed by atoms with E-state index in [2.05, 4.69) is 22.6 Å². The zero-order valence-electron chi connectivity index (χ0n) is 10.1. The van der Waals surface area contributed by atoms with Gasteiger partial charge in [0.25, 0.3) is 5.91 Å². The smallest absolute Gasteiger partial charge is 0.254 e. The quantitative estimate of drug-likeness (QED) is 0.842. The van der Waals surface area contributed by atoms with E-state index < -0.39 is 0 Å². The number of phenols is 1. The third-order valence-corrected chi connectivity index (χ3v) is 4.51. The fourth-order valence-electron chi connectivity index (χ4n) is 2.17. The van der Waals surface area contributed by atoms with Gasteiger partial charge in [0.05, 0.1) is 3.57 Å². The Balaban J connectivity index is 1.79. The van der Waals surface area contributed by atoms with Crippen molar-refractivity contribution in [3.8, 4) is 5.75 Å². The minimum absolute atomic E-state index is 0.0797. The first-order valence-electron chi connectivity index (χ1n) is 6.44. The molecule has 0 spiro atoms. The molecule has 0 atom stereocenters. The molecule has 0 unspecified atom stereocenters. The van der Waals surface area contributed by atoms with Gasteiger partial charge in [-0.2, -0.15) is 0 Å². The van der Waals surface area contributed by atoms with Crippen LogP contribution in [0.3, 0.4) is 0 Å². The molecule has 0 saturated heterocycles. The van der Waals surface area contributed by atoms with Gasteiger partial charge in [0.2, 0.25) is 0 Å². The van der Waals surface area contributed by atoms with Crippen molar-refractivity contribution in [2.75, 3.05) is 6.54 Å². The van der Waals surface area contributed by atoms with E-state index >= 15 is 0 Å². The molecule has 2 fully saturated rings. The van der Waals surface area contributed by atoms with E-state index in [4.69, 9.17) is 0 Å². The standard InChI is InChI=1S/C14H16INO2/c15-12-6-3-10(7-13(12)17)14(18)16(11-4-5-11)8-9-1-2-9/h3,6-7,9,11,17H,1-2,4-5,8H2. The third-order valence-electron chi connectivity index (χ3n) is 3.59. The maximum absolute atomic E-state index is 12.5. The zero-order chi connectivity index (χ0) is 12.7. The number of phenolic OH excluding ortho intramolecular Hbond substituents is 1. The monoisotopic (exact) mass is 357 g/mol. The van der Waals surface area contributed by atoms with Crippen molar-refractivity contribution in [3.05, 3.63) is 27.3 Å². The molecule has 1 amide bonds. The van der Waals surface area contributed by atoms with Crippen LogP contribution in [-0.4, -0.2) is 28.5 Å². The molecule has 0 aromatic heterocycles. The second-order valence-electron chi connectivity index (χ2n) is 5.30. The van der Waals surface area contributed by atoms with Crippen LogP contribution in [0.1, 0.15) is 36.0 Å². The van der Waals surface area contributed by atoms with Gasteiger partial charge in [-0.3, -0.25) is 4.79 Å². The second-order valence-corrected chi connectivity index (χ2v) is 6.46. The lowest BCUT2D eigenvalue weighted by molar-refractivity contribution is 0.0734. The summed E-state index contributed by atoms with van der Waals surface area (Å²) in [6.07, 6.45) is 4.78. The highest BCUT2D eigenvalue weighted by Gasteiger charge is 2.36. The van der Waals surface area contributed by atoms with Crippen LogP contribution in [0.5, 0.6) is 5.75 Å². The first-order valence-corrected chi connectivity index (χ1v) is 7.52. The molecule has 3 nitrogen and oxygen atoms in total. The molecule has 0 heterocycles. The fraction of sp³-hybridized carbons (Fsp3) is 0.500. The predicted octanol–water partition coefficient (Wildman–Crippen LogP) is 3.01. The molecule has 0 radical (unpaired) electrons. The molecule has 96 valence electrons. The van der Waals surface area contributed by atoms with Crippen LogP contribution in [0.4, 0.5) is 0 Å². The number of carbonyl (C=O) groups is 1. The van der Waals surface area contributed by atoms with Crippen molar-refractivity contribution >= 4 is 28.5 Å². The summed E-state index contributed by atoms with van der Waals surface area (Å²) < 4.78 is 0.782. The number of halogens is 1. The Morgan fingerprint density at radius 2 is 2.06 bits per heavy atom. The van der Waals surface area contributed by atoms with E-state index in [0.717, 1.165) is 23.0 Å². The topological polar surface area (TPSA) is 40.5 Å². The number of rotatable bonds is 4. The van der Waals surface area contributed by atoms with Gasteiger partial charge in [-0.15, -0.1) is 0 Å². The van der Waals surface area contributed by atoms with Crippen LogP contribution in [0.25, 0.3) is 0 Å². The Bertz CT molecular complexity index is 481. The average Bonchev–Trinajstić information content (AvgIpc) is 3.22.